The lowest BCUT2D eigenvalue weighted by molar-refractivity contribution is -0.115. The summed E-state index contributed by atoms with van der Waals surface area (Å²) in [6.45, 7) is 4.34. The highest BCUT2D eigenvalue weighted by Gasteiger charge is 2.23. The molecule has 0 spiro atoms. The predicted octanol–water partition coefficient (Wildman–Crippen LogP) is 3.48. The van der Waals surface area contributed by atoms with Gasteiger partial charge < -0.3 is 10.2 Å². The van der Waals surface area contributed by atoms with E-state index in [1.54, 1.807) is 32.2 Å². The lowest BCUT2D eigenvalue weighted by Gasteiger charge is -2.22. The molecule has 1 aromatic carbocycles. The van der Waals surface area contributed by atoms with Gasteiger partial charge in [0, 0.05) is 38.8 Å². The molecule has 2 aromatic heterocycles. The van der Waals surface area contributed by atoms with Crippen LogP contribution in [0.1, 0.15) is 19.5 Å². The third-order valence-electron chi connectivity index (χ3n) is 4.84. The minimum Gasteiger partial charge on any atom is -0.376 e. The van der Waals surface area contributed by atoms with E-state index in [9.17, 15) is 13.2 Å². The second-order valence-corrected chi connectivity index (χ2v) is 10.0. The molecule has 0 radical (unpaired) electrons. The van der Waals surface area contributed by atoms with Crippen LogP contribution in [0.15, 0.2) is 52.9 Å². The fraction of sp³-hybridized carbons (Fsp3) is 0.318. The summed E-state index contributed by atoms with van der Waals surface area (Å²) in [6, 6.07) is 10.4. The third-order valence-corrected chi connectivity index (χ3v) is 7.80. The highest BCUT2D eigenvalue weighted by Crippen LogP contribution is 2.29. The fourth-order valence-electron chi connectivity index (χ4n) is 3.23. The van der Waals surface area contributed by atoms with Gasteiger partial charge in [-0.3, -0.25) is 9.78 Å². The molecule has 0 bridgehead atoms. The summed E-state index contributed by atoms with van der Waals surface area (Å²) in [7, 11) is 0.0306. The average Bonchev–Trinajstić information content (AvgIpc) is 3.23. The number of anilines is 2. The zero-order chi connectivity index (χ0) is 23.3. The number of pyridine rings is 1. The Hall–Kier alpha value is -2.82. The van der Waals surface area contributed by atoms with Gasteiger partial charge in [0.2, 0.25) is 15.9 Å². The minimum absolute atomic E-state index is 0.0726. The van der Waals surface area contributed by atoms with Gasteiger partial charge in [-0.25, -0.2) is 13.4 Å². The first-order chi connectivity index (χ1) is 15.3. The van der Waals surface area contributed by atoms with Gasteiger partial charge in [0.05, 0.1) is 34.1 Å². The van der Waals surface area contributed by atoms with E-state index in [0.29, 0.717) is 30.2 Å². The van der Waals surface area contributed by atoms with Crippen LogP contribution < -0.4 is 10.2 Å². The molecule has 2 heterocycles. The molecule has 1 amide bonds. The Bertz CT molecular complexity index is 1170. The number of thiazole rings is 1. The molecular formula is C22H27N5O3S2. The quantitative estimate of drug-likeness (QED) is 0.511. The molecule has 32 heavy (non-hydrogen) atoms. The molecule has 0 saturated heterocycles. The van der Waals surface area contributed by atoms with Crippen LogP contribution in [0, 0.1) is 0 Å². The number of carbonyl (C=O) groups excluding carboxylic acids is 1. The summed E-state index contributed by atoms with van der Waals surface area (Å²) < 4.78 is 27.2. The van der Waals surface area contributed by atoms with Crippen molar-refractivity contribution in [3.8, 4) is 10.7 Å². The molecule has 0 aliphatic heterocycles. The summed E-state index contributed by atoms with van der Waals surface area (Å²) in [5.74, 6) is -0.275. The number of hydrogen-bond donors (Lipinski definition) is 1. The van der Waals surface area contributed by atoms with Crippen LogP contribution in [0.2, 0.25) is 0 Å². The lowest BCUT2D eigenvalue weighted by atomic mass is 10.2. The Morgan fingerprint density at radius 1 is 1.12 bits per heavy atom. The van der Waals surface area contributed by atoms with Crippen molar-refractivity contribution >= 4 is 38.6 Å². The molecule has 1 N–H and O–H groups in total. The molecule has 170 valence electrons. The smallest absolute Gasteiger partial charge is 0.243 e. The normalized spacial score (nSPS) is 11.5. The van der Waals surface area contributed by atoms with Crippen molar-refractivity contribution in [1.29, 1.82) is 0 Å². The van der Waals surface area contributed by atoms with E-state index < -0.39 is 10.0 Å². The van der Waals surface area contributed by atoms with Crippen LogP contribution in [0.4, 0.5) is 11.4 Å². The van der Waals surface area contributed by atoms with E-state index in [2.05, 4.69) is 15.3 Å². The number of aromatic nitrogens is 2. The molecule has 0 saturated carbocycles. The molecular weight excluding hydrogens is 446 g/mol. The van der Waals surface area contributed by atoms with Crippen molar-refractivity contribution in [3.63, 3.8) is 0 Å². The fourth-order valence-corrected chi connectivity index (χ4v) is 5.51. The SMILES string of the molecule is CCN(CC)S(=O)(=O)c1ccc(N(C)C)c(NC(=O)Cc2csc(-c3ccccn3)n2)c1. The molecule has 3 aromatic rings. The Morgan fingerprint density at radius 2 is 1.88 bits per heavy atom. The Morgan fingerprint density at radius 3 is 2.50 bits per heavy atom. The van der Waals surface area contributed by atoms with Gasteiger partial charge in [0.25, 0.3) is 0 Å². The number of carbonyl (C=O) groups is 1. The predicted molar refractivity (Wildman–Crippen MR) is 129 cm³/mol. The highest BCUT2D eigenvalue weighted by molar-refractivity contribution is 7.89. The summed E-state index contributed by atoms with van der Waals surface area (Å²) in [4.78, 5) is 23.5. The number of nitrogens with one attached hydrogen (secondary N) is 1. The third kappa shape index (κ3) is 5.32. The monoisotopic (exact) mass is 473 g/mol. The van der Waals surface area contributed by atoms with Crippen molar-refractivity contribution in [2.24, 2.45) is 0 Å². The van der Waals surface area contributed by atoms with E-state index in [1.807, 2.05) is 42.6 Å². The Kier molecular flexibility index (Phi) is 7.60. The van der Waals surface area contributed by atoms with Gasteiger partial charge >= 0.3 is 0 Å². The highest BCUT2D eigenvalue weighted by atomic mass is 32.2. The second kappa shape index (κ2) is 10.2. The number of sulfonamides is 1. The zero-order valence-corrected chi connectivity index (χ0v) is 20.2. The number of benzene rings is 1. The average molecular weight is 474 g/mol. The molecule has 3 rings (SSSR count). The van der Waals surface area contributed by atoms with Crippen molar-refractivity contribution < 1.29 is 13.2 Å². The summed E-state index contributed by atoms with van der Waals surface area (Å²) in [5, 5.41) is 5.44. The van der Waals surface area contributed by atoms with Crippen LogP contribution in [-0.4, -0.2) is 55.8 Å². The van der Waals surface area contributed by atoms with Crippen LogP contribution >= 0.6 is 11.3 Å². The minimum atomic E-state index is -3.64. The molecule has 8 nitrogen and oxygen atoms in total. The van der Waals surface area contributed by atoms with Crippen molar-refractivity contribution in [3.05, 3.63) is 53.7 Å². The van der Waals surface area contributed by atoms with Crippen LogP contribution in [0.25, 0.3) is 10.7 Å². The molecule has 0 aliphatic rings. The van der Waals surface area contributed by atoms with Gasteiger partial charge in [0.15, 0.2) is 0 Å². The maximum atomic E-state index is 12.9. The van der Waals surface area contributed by atoms with Crippen molar-refractivity contribution in [1.82, 2.24) is 14.3 Å². The van der Waals surface area contributed by atoms with E-state index in [4.69, 9.17) is 0 Å². The molecule has 0 unspecified atom stereocenters. The number of hydrogen-bond acceptors (Lipinski definition) is 7. The first kappa shape index (κ1) is 23.8. The topological polar surface area (TPSA) is 95.5 Å². The molecule has 0 fully saturated rings. The first-order valence-electron chi connectivity index (χ1n) is 10.2. The number of rotatable bonds is 9. The van der Waals surface area contributed by atoms with Crippen LogP contribution in [0.5, 0.6) is 0 Å². The summed E-state index contributed by atoms with van der Waals surface area (Å²) >= 11 is 1.43. The Labute approximate surface area is 193 Å². The second-order valence-electron chi connectivity index (χ2n) is 7.25. The van der Waals surface area contributed by atoms with Crippen LogP contribution in [-0.2, 0) is 21.2 Å². The first-order valence-corrected chi connectivity index (χ1v) is 12.5. The largest absolute Gasteiger partial charge is 0.376 e. The van der Waals surface area contributed by atoms with Gasteiger partial charge in [-0.1, -0.05) is 19.9 Å². The van der Waals surface area contributed by atoms with E-state index in [0.717, 1.165) is 10.7 Å². The summed E-state index contributed by atoms with van der Waals surface area (Å²) in [6.07, 6.45) is 1.77. The molecule has 0 atom stereocenters. The standard InChI is InChI=1S/C22H27N5O3S2/c1-5-27(6-2)32(29,30)17-10-11-20(26(3)4)19(14-17)25-21(28)13-16-15-31-22(24-16)18-9-7-8-12-23-18/h7-12,14-15H,5-6,13H2,1-4H3,(H,25,28). The van der Waals surface area contributed by atoms with E-state index in [1.165, 1.54) is 21.7 Å². The van der Waals surface area contributed by atoms with Crippen molar-refractivity contribution in [2.75, 3.05) is 37.4 Å². The van der Waals surface area contributed by atoms with E-state index >= 15 is 0 Å². The Balaban J connectivity index is 1.82. The molecule has 0 aliphatic carbocycles. The van der Waals surface area contributed by atoms with Gasteiger partial charge in [-0.15, -0.1) is 11.3 Å². The van der Waals surface area contributed by atoms with Gasteiger partial charge in [-0.05, 0) is 30.3 Å². The number of amides is 1. The van der Waals surface area contributed by atoms with Gasteiger partial charge in [-0.2, -0.15) is 4.31 Å². The lowest BCUT2D eigenvalue weighted by Crippen LogP contribution is -2.30. The van der Waals surface area contributed by atoms with Gasteiger partial charge in [0.1, 0.15) is 5.01 Å². The summed E-state index contributed by atoms with van der Waals surface area (Å²) in [5.41, 5.74) is 2.54. The van der Waals surface area contributed by atoms with Crippen molar-refractivity contribution in [2.45, 2.75) is 25.2 Å². The van der Waals surface area contributed by atoms with E-state index in [-0.39, 0.29) is 17.2 Å². The maximum absolute atomic E-state index is 12.9. The molecule has 10 heteroatoms. The number of nitrogens with zero attached hydrogens (tertiary/aromatic N) is 4. The zero-order valence-electron chi connectivity index (χ0n) is 18.6. The maximum Gasteiger partial charge on any atom is 0.243 e. The van der Waals surface area contributed by atoms with Crippen LogP contribution in [0.3, 0.4) is 0 Å².